The number of nitrogens with zero attached hydrogens (tertiary/aromatic N) is 2. The number of aryl methyl sites for hydroxylation is 1. The van der Waals surface area contributed by atoms with Gasteiger partial charge in [0.15, 0.2) is 0 Å². The number of nitrogens with one attached hydrogen (secondary N) is 1. The zero-order valence-electron chi connectivity index (χ0n) is 12.7. The Morgan fingerprint density at radius 3 is 2.50 bits per heavy atom. The van der Waals surface area contributed by atoms with Gasteiger partial charge in [0.2, 0.25) is 0 Å². The monoisotopic (exact) mass is 273 g/mol. The van der Waals surface area contributed by atoms with E-state index in [1.165, 1.54) is 75.0 Å². The largest absolute Gasteiger partial charge is 0.356 e. The predicted octanol–water partition coefficient (Wildman–Crippen LogP) is 3.41. The molecule has 0 aromatic carbocycles. The van der Waals surface area contributed by atoms with E-state index in [0.29, 0.717) is 0 Å². The number of pyridine rings is 1. The first-order valence-electron chi connectivity index (χ1n) is 8.27. The molecule has 1 aliphatic carbocycles. The maximum Gasteiger partial charge on any atom is 0.131 e. The van der Waals surface area contributed by atoms with Crippen molar-refractivity contribution >= 4 is 5.82 Å². The molecule has 1 aromatic heterocycles. The molecule has 2 aliphatic rings. The fourth-order valence-electron chi connectivity index (χ4n) is 3.06. The van der Waals surface area contributed by atoms with Gasteiger partial charge in [-0.15, -0.1) is 0 Å². The van der Waals surface area contributed by atoms with E-state index in [0.717, 1.165) is 12.6 Å². The van der Waals surface area contributed by atoms with Crippen LogP contribution in [0.25, 0.3) is 0 Å². The van der Waals surface area contributed by atoms with Gasteiger partial charge in [0.05, 0.1) is 0 Å². The van der Waals surface area contributed by atoms with Gasteiger partial charge in [-0.1, -0.05) is 19.3 Å². The molecule has 1 saturated heterocycles. The van der Waals surface area contributed by atoms with Gasteiger partial charge in [0.1, 0.15) is 5.82 Å². The van der Waals surface area contributed by atoms with Gasteiger partial charge in [-0.05, 0) is 49.8 Å². The van der Waals surface area contributed by atoms with E-state index >= 15 is 0 Å². The Labute approximate surface area is 122 Å². The first-order chi connectivity index (χ1) is 9.83. The topological polar surface area (TPSA) is 28.2 Å². The second-order valence-corrected chi connectivity index (χ2v) is 6.39. The van der Waals surface area contributed by atoms with Crippen molar-refractivity contribution < 1.29 is 0 Å². The molecule has 1 aliphatic heterocycles. The lowest BCUT2D eigenvalue weighted by molar-refractivity contribution is 0.553. The van der Waals surface area contributed by atoms with E-state index in [9.17, 15) is 0 Å². The Kier molecular flexibility index (Phi) is 4.56. The SMILES string of the molecule is Cc1cc(CNC2CC2)cnc1N1CCCCCCC1. The Hall–Kier alpha value is -1.09. The van der Waals surface area contributed by atoms with E-state index in [-0.39, 0.29) is 0 Å². The Balaban J connectivity index is 1.64. The van der Waals surface area contributed by atoms with Crippen LogP contribution in [-0.2, 0) is 6.54 Å². The number of hydrogen-bond donors (Lipinski definition) is 1. The lowest BCUT2D eigenvalue weighted by atomic mass is 10.1. The van der Waals surface area contributed by atoms with E-state index < -0.39 is 0 Å². The summed E-state index contributed by atoms with van der Waals surface area (Å²) in [5, 5.41) is 3.56. The number of hydrogen-bond acceptors (Lipinski definition) is 3. The van der Waals surface area contributed by atoms with E-state index in [1.807, 2.05) is 0 Å². The van der Waals surface area contributed by atoms with Gasteiger partial charge >= 0.3 is 0 Å². The maximum absolute atomic E-state index is 4.76. The smallest absolute Gasteiger partial charge is 0.131 e. The standard InChI is InChI=1S/C17H27N3/c1-14-11-15(12-18-16-7-8-16)13-19-17(14)20-9-5-3-2-4-6-10-20/h11,13,16,18H,2-10,12H2,1H3. The zero-order valence-corrected chi connectivity index (χ0v) is 12.7. The van der Waals surface area contributed by atoms with Crippen molar-refractivity contribution in [2.45, 2.75) is 64.5 Å². The third-order valence-corrected chi connectivity index (χ3v) is 4.44. The number of anilines is 1. The maximum atomic E-state index is 4.76. The minimum Gasteiger partial charge on any atom is -0.356 e. The van der Waals surface area contributed by atoms with Crippen molar-refractivity contribution in [3.63, 3.8) is 0 Å². The summed E-state index contributed by atoms with van der Waals surface area (Å²) >= 11 is 0. The highest BCUT2D eigenvalue weighted by Crippen LogP contribution is 2.23. The van der Waals surface area contributed by atoms with Crippen molar-refractivity contribution in [1.29, 1.82) is 0 Å². The molecular formula is C17H27N3. The van der Waals surface area contributed by atoms with Crippen LogP contribution in [0.4, 0.5) is 5.82 Å². The molecule has 0 bridgehead atoms. The molecule has 2 heterocycles. The van der Waals surface area contributed by atoms with Crippen LogP contribution in [-0.4, -0.2) is 24.1 Å². The van der Waals surface area contributed by atoms with Gasteiger partial charge in [-0.25, -0.2) is 4.98 Å². The first kappa shape index (κ1) is 13.9. The summed E-state index contributed by atoms with van der Waals surface area (Å²) < 4.78 is 0. The summed E-state index contributed by atoms with van der Waals surface area (Å²) in [5.74, 6) is 1.21. The van der Waals surface area contributed by atoms with Crippen molar-refractivity contribution in [3.05, 3.63) is 23.4 Å². The highest BCUT2D eigenvalue weighted by molar-refractivity contribution is 5.47. The van der Waals surface area contributed by atoms with Gasteiger partial charge in [0, 0.05) is 31.9 Å². The van der Waals surface area contributed by atoms with Gasteiger partial charge in [-0.2, -0.15) is 0 Å². The lowest BCUT2D eigenvalue weighted by Gasteiger charge is -2.27. The molecule has 3 heteroatoms. The molecule has 0 spiro atoms. The van der Waals surface area contributed by atoms with Crippen LogP contribution >= 0.6 is 0 Å². The first-order valence-corrected chi connectivity index (χ1v) is 8.27. The van der Waals surface area contributed by atoms with Gasteiger partial charge in [-0.3, -0.25) is 0 Å². The molecule has 0 unspecified atom stereocenters. The summed E-state index contributed by atoms with van der Waals surface area (Å²) in [7, 11) is 0. The number of rotatable bonds is 4. The fourth-order valence-corrected chi connectivity index (χ4v) is 3.06. The quantitative estimate of drug-likeness (QED) is 0.911. The van der Waals surface area contributed by atoms with Crippen LogP contribution in [0.5, 0.6) is 0 Å². The Bertz CT molecular complexity index is 432. The second-order valence-electron chi connectivity index (χ2n) is 6.39. The molecule has 3 rings (SSSR count). The highest BCUT2D eigenvalue weighted by Gasteiger charge is 2.20. The molecule has 0 radical (unpaired) electrons. The van der Waals surface area contributed by atoms with Crippen molar-refractivity contribution in [2.75, 3.05) is 18.0 Å². The third kappa shape index (κ3) is 3.72. The average molecular weight is 273 g/mol. The summed E-state index contributed by atoms with van der Waals surface area (Å²) in [6.07, 6.45) is 11.5. The predicted molar refractivity (Wildman–Crippen MR) is 84.1 cm³/mol. The molecule has 1 saturated carbocycles. The Morgan fingerprint density at radius 2 is 1.85 bits per heavy atom. The molecule has 3 nitrogen and oxygen atoms in total. The number of aromatic nitrogens is 1. The molecule has 110 valence electrons. The van der Waals surface area contributed by atoms with Crippen LogP contribution in [0.3, 0.4) is 0 Å². The average Bonchev–Trinajstić information content (AvgIpc) is 3.21. The van der Waals surface area contributed by atoms with Crippen molar-refractivity contribution in [2.24, 2.45) is 0 Å². The molecule has 2 fully saturated rings. The van der Waals surface area contributed by atoms with E-state index in [4.69, 9.17) is 4.98 Å². The highest BCUT2D eigenvalue weighted by atomic mass is 15.2. The van der Waals surface area contributed by atoms with Crippen LogP contribution in [0.1, 0.15) is 56.1 Å². The fraction of sp³-hybridized carbons (Fsp3) is 0.706. The van der Waals surface area contributed by atoms with E-state index in [2.05, 4.69) is 29.4 Å². The summed E-state index contributed by atoms with van der Waals surface area (Å²) in [6.45, 7) is 5.53. The molecule has 20 heavy (non-hydrogen) atoms. The second kappa shape index (κ2) is 6.57. The van der Waals surface area contributed by atoms with Crippen molar-refractivity contribution in [3.8, 4) is 0 Å². The van der Waals surface area contributed by atoms with Crippen LogP contribution in [0, 0.1) is 6.92 Å². The summed E-state index contributed by atoms with van der Waals surface area (Å²) in [5.41, 5.74) is 2.66. The minimum absolute atomic E-state index is 0.768. The summed E-state index contributed by atoms with van der Waals surface area (Å²) in [6, 6.07) is 3.08. The van der Waals surface area contributed by atoms with E-state index in [1.54, 1.807) is 0 Å². The summed E-state index contributed by atoms with van der Waals surface area (Å²) in [4.78, 5) is 7.25. The van der Waals surface area contributed by atoms with Crippen LogP contribution < -0.4 is 10.2 Å². The molecule has 0 amide bonds. The van der Waals surface area contributed by atoms with Crippen LogP contribution in [0.15, 0.2) is 12.3 Å². The molecule has 0 atom stereocenters. The van der Waals surface area contributed by atoms with Crippen molar-refractivity contribution in [1.82, 2.24) is 10.3 Å². The van der Waals surface area contributed by atoms with Gasteiger partial charge < -0.3 is 10.2 Å². The lowest BCUT2D eigenvalue weighted by Crippen LogP contribution is -2.28. The third-order valence-electron chi connectivity index (χ3n) is 4.44. The normalized spacial score (nSPS) is 20.6. The minimum atomic E-state index is 0.768. The molecule has 1 aromatic rings. The van der Waals surface area contributed by atoms with Gasteiger partial charge in [0.25, 0.3) is 0 Å². The Morgan fingerprint density at radius 1 is 1.15 bits per heavy atom. The molecular weight excluding hydrogens is 246 g/mol. The van der Waals surface area contributed by atoms with Crippen LogP contribution in [0.2, 0.25) is 0 Å². The zero-order chi connectivity index (χ0) is 13.8. The molecule has 1 N–H and O–H groups in total.